The van der Waals surface area contributed by atoms with E-state index < -0.39 is 5.60 Å². The maximum atomic E-state index is 13.0. The van der Waals surface area contributed by atoms with Crippen molar-refractivity contribution < 1.29 is 13.9 Å². The molecule has 0 bridgehead atoms. The molecule has 1 aromatic heterocycles. The van der Waals surface area contributed by atoms with Crippen molar-refractivity contribution in [3.63, 3.8) is 0 Å². The van der Waals surface area contributed by atoms with Crippen LogP contribution in [0, 0.1) is 5.82 Å². The van der Waals surface area contributed by atoms with Crippen LogP contribution in [0.5, 0.6) is 0 Å². The molecule has 8 heteroatoms. The number of nitrogens with zero attached hydrogens (tertiary/aromatic N) is 4. The maximum Gasteiger partial charge on any atom is 0.410 e. The van der Waals surface area contributed by atoms with Gasteiger partial charge in [-0.1, -0.05) is 23.5 Å². The summed E-state index contributed by atoms with van der Waals surface area (Å²) in [5.41, 5.74) is 0.520. The van der Waals surface area contributed by atoms with Crippen LogP contribution in [-0.2, 0) is 11.2 Å². The van der Waals surface area contributed by atoms with Crippen molar-refractivity contribution >= 4 is 22.6 Å². The number of hydrogen-bond donors (Lipinski definition) is 0. The molecular formula is C18H23FN4O2S. The van der Waals surface area contributed by atoms with E-state index in [0.717, 1.165) is 15.7 Å². The van der Waals surface area contributed by atoms with Gasteiger partial charge >= 0.3 is 6.09 Å². The Morgan fingerprint density at radius 3 is 2.42 bits per heavy atom. The Hall–Kier alpha value is -2.22. The summed E-state index contributed by atoms with van der Waals surface area (Å²) in [5, 5.41) is 10.3. The smallest absolute Gasteiger partial charge is 0.410 e. The highest BCUT2D eigenvalue weighted by atomic mass is 32.1. The van der Waals surface area contributed by atoms with E-state index in [2.05, 4.69) is 15.1 Å². The predicted octanol–water partition coefficient (Wildman–Crippen LogP) is 3.33. The number of anilines is 1. The Kier molecular flexibility index (Phi) is 5.41. The summed E-state index contributed by atoms with van der Waals surface area (Å²) >= 11 is 1.53. The van der Waals surface area contributed by atoms with Crippen molar-refractivity contribution in [2.75, 3.05) is 31.1 Å². The number of rotatable bonds is 3. The number of hydrogen-bond acceptors (Lipinski definition) is 6. The molecule has 0 atom stereocenters. The monoisotopic (exact) mass is 378 g/mol. The molecule has 6 nitrogen and oxygen atoms in total. The first-order chi connectivity index (χ1) is 12.3. The largest absolute Gasteiger partial charge is 0.444 e. The third-order valence-corrected chi connectivity index (χ3v) is 4.91. The maximum absolute atomic E-state index is 13.0. The average molecular weight is 378 g/mol. The van der Waals surface area contributed by atoms with Gasteiger partial charge in [0, 0.05) is 32.6 Å². The van der Waals surface area contributed by atoms with Gasteiger partial charge in [0.05, 0.1) is 0 Å². The zero-order valence-electron chi connectivity index (χ0n) is 15.2. The Morgan fingerprint density at radius 1 is 1.15 bits per heavy atom. The normalized spacial score (nSPS) is 15.2. The van der Waals surface area contributed by atoms with Gasteiger partial charge < -0.3 is 14.5 Å². The number of amides is 1. The Morgan fingerprint density at radius 2 is 1.81 bits per heavy atom. The van der Waals surface area contributed by atoms with E-state index >= 15 is 0 Å². The fourth-order valence-electron chi connectivity index (χ4n) is 2.63. The summed E-state index contributed by atoms with van der Waals surface area (Å²) in [6, 6.07) is 6.42. The van der Waals surface area contributed by atoms with E-state index in [1.807, 2.05) is 20.8 Å². The standard InChI is InChI=1S/C18H23FN4O2S/c1-18(2,3)25-17(24)23-10-8-22(9-11-23)16-21-20-15(26-16)12-13-4-6-14(19)7-5-13/h4-7H,8-12H2,1-3H3. The minimum atomic E-state index is -0.483. The number of carbonyl (C=O) groups is 1. The lowest BCUT2D eigenvalue weighted by Crippen LogP contribution is -2.50. The molecule has 2 heterocycles. The Balaban J connectivity index is 1.54. The second-order valence-corrected chi connectivity index (χ2v) is 8.28. The van der Waals surface area contributed by atoms with Gasteiger partial charge in [-0.3, -0.25) is 0 Å². The molecule has 0 spiro atoms. The zero-order valence-corrected chi connectivity index (χ0v) is 16.1. The minimum Gasteiger partial charge on any atom is -0.444 e. The van der Waals surface area contributed by atoms with Gasteiger partial charge in [0.25, 0.3) is 0 Å². The highest BCUT2D eigenvalue weighted by molar-refractivity contribution is 7.15. The van der Waals surface area contributed by atoms with Crippen LogP contribution in [0.4, 0.5) is 14.3 Å². The van der Waals surface area contributed by atoms with Crippen molar-refractivity contribution in [2.24, 2.45) is 0 Å². The highest BCUT2D eigenvalue weighted by Gasteiger charge is 2.27. The zero-order chi connectivity index (χ0) is 18.7. The van der Waals surface area contributed by atoms with E-state index in [0.29, 0.717) is 32.6 Å². The van der Waals surface area contributed by atoms with E-state index in [9.17, 15) is 9.18 Å². The highest BCUT2D eigenvalue weighted by Crippen LogP contribution is 2.24. The first-order valence-electron chi connectivity index (χ1n) is 8.60. The number of piperazine rings is 1. The SMILES string of the molecule is CC(C)(C)OC(=O)N1CCN(c2nnc(Cc3ccc(F)cc3)s2)CC1. The fraction of sp³-hybridized carbons (Fsp3) is 0.500. The van der Waals surface area contributed by atoms with E-state index in [1.54, 1.807) is 17.0 Å². The quantitative estimate of drug-likeness (QED) is 0.820. The first-order valence-corrected chi connectivity index (χ1v) is 9.41. The molecule has 1 fully saturated rings. The van der Waals surface area contributed by atoms with Crippen LogP contribution < -0.4 is 4.90 Å². The number of halogens is 1. The molecule has 0 N–H and O–H groups in total. The third-order valence-electron chi connectivity index (χ3n) is 3.93. The van der Waals surface area contributed by atoms with E-state index in [1.165, 1.54) is 23.5 Å². The summed E-state index contributed by atoms with van der Waals surface area (Å²) in [6.07, 6.45) is 0.363. The first kappa shape index (κ1) is 18.6. The van der Waals surface area contributed by atoms with Crippen LogP contribution in [0.1, 0.15) is 31.3 Å². The molecule has 3 rings (SSSR count). The molecule has 1 aliphatic heterocycles. The second-order valence-electron chi connectivity index (χ2n) is 7.24. The van der Waals surface area contributed by atoms with Crippen molar-refractivity contribution in [2.45, 2.75) is 32.8 Å². The van der Waals surface area contributed by atoms with E-state index in [4.69, 9.17) is 4.74 Å². The Bertz CT molecular complexity index is 749. The summed E-state index contributed by atoms with van der Waals surface area (Å²) in [6.45, 7) is 8.19. The molecule has 0 radical (unpaired) electrons. The lowest BCUT2D eigenvalue weighted by Gasteiger charge is -2.35. The summed E-state index contributed by atoms with van der Waals surface area (Å²) in [5.74, 6) is -0.241. The summed E-state index contributed by atoms with van der Waals surface area (Å²) in [4.78, 5) is 16.0. The van der Waals surface area contributed by atoms with Gasteiger partial charge in [0.1, 0.15) is 16.4 Å². The molecular weight excluding hydrogens is 355 g/mol. The molecule has 140 valence electrons. The summed E-state index contributed by atoms with van der Waals surface area (Å²) in [7, 11) is 0. The minimum absolute atomic E-state index is 0.241. The van der Waals surface area contributed by atoms with Gasteiger partial charge in [-0.2, -0.15) is 0 Å². The molecule has 1 aromatic carbocycles. The number of carbonyl (C=O) groups excluding carboxylic acids is 1. The number of aromatic nitrogens is 2. The predicted molar refractivity (Wildman–Crippen MR) is 99.1 cm³/mol. The van der Waals surface area contributed by atoms with Crippen LogP contribution in [0.25, 0.3) is 0 Å². The molecule has 26 heavy (non-hydrogen) atoms. The van der Waals surface area contributed by atoms with Crippen LogP contribution in [0.15, 0.2) is 24.3 Å². The van der Waals surface area contributed by atoms with Crippen molar-refractivity contribution in [1.82, 2.24) is 15.1 Å². The lowest BCUT2D eigenvalue weighted by atomic mass is 10.2. The van der Waals surface area contributed by atoms with E-state index in [-0.39, 0.29) is 11.9 Å². The topological polar surface area (TPSA) is 58.6 Å². The molecule has 1 amide bonds. The molecule has 1 saturated heterocycles. The Labute approximate surface area is 156 Å². The van der Waals surface area contributed by atoms with Crippen LogP contribution in [-0.4, -0.2) is 53.0 Å². The summed E-state index contributed by atoms with van der Waals surface area (Å²) < 4.78 is 18.4. The van der Waals surface area contributed by atoms with Crippen molar-refractivity contribution in [3.05, 3.63) is 40.7 Å². The van der Waals surface area contributed by atoms with Gasteiger partial charge in [0.2, 0.25) is 5.13 Å². The van der Waals surface area contributed by atoms with Crippen LogP contribution >= 0.6 is 11.3 Å². The van der Waals surface area contributed by atoms with Gasteiger partial charge in [0.15, 0.2) is 0 Å². The molecule has 2 aromatic rings. The number of ether oxygens (including phenoxy) is 1. The molecule has 1 aliphatic rings. The van der Waals surface area contributed by atoms with Crippen molar-refractivity contribution in [3.8, 4) is 0 Å². The molecule has 0 aliphatic carbocycles. The lowest BCUT2D eigenvalue weighted by molar-refractivity contribution is 0.0240. The number of benzene rings is 1. The third kappa shape index (κ3) is 4.91. The average Bonchev–Trinajstić information content (AvgIpc) is 3.04. The van der Waals surface area contributed by atoms with Gasteiger partial charge in [-0.25, -0.2) is 9.18 Å². The van der Waals surface area contributed by atoms with Crippen molar-refractivity contribution in [1.29, 1.82) is 0 Å². The van der Waals surface area contributed by atoms with Gasteiger partial charge in [-0.15, -0.1) is 10.2 Å². The molecule has 0 unspecified atom stereocenters. The van der Waals surface area contributed by atoms with Gasteiger partial charge in [-0.05, 0) is 38.5 Å². The van der Waals surface area contributed by atoms with Crippen LogP contribution in [0.3, 0.4) is 0 Å². The second kappa shape index (κ2) is 7.57. The van der Waals surface area contributed by atoms with Crippen LogP contribution in [0.2, 0.25) is 0 Å². The fourth-order valence-corrected chi connectivity index (χ4v) is 3.55. The molecule has 0 saturated carbocycles.